The highest BCUT2D eigenvalue weighted by atomic mass is 16.6. The fraction of sp³-hybridized carbons (Fsp3) is 0.0455. The molecule has 0 aliphatic carbocycles. The van der Waals surface area contributed by atoms with Crippen LogP contribution in [0, 0.1) is 0 Å². The molecule has 0 spiro atoms. The summed E-state index contributed by atoms with van der Waals surface area (Å²) < 4.78 is 16.3. The third-order valence-corrected chi connectivity index (χ3v) is 4.50. The molecule has 0 saturated carbocycles. The van der Waals surface area contributed by atoms with E-state index >= 15 is 0 Å². The van der Waals surface area contributed by atoms with Crippen LogP contribution in [0.3, 0.4) is 0 Å². The van der Waals surface area contributed by atoms with Crippen molar-refractivity contribution < 1.29 is 28.6 Å². The maximum Gasteiger partial charge on any atom is 0.419 e. The minimum Gasteiger partial charge on any atom is -0.493 e. The van der Waals surface area contributed by atoms with Gasteiger partial charge in [0, 0.05) is 10.9 Å². The molecule has 3 amide bonds. The molecule has 1 aliphatic rings. The topological polar surface area (TPSA) is 117 Å². The molecule has 8 heteroatoms. The van der Waals surface area contributed by atoms with Crippen LogP contribution in [0.25, 0.3) is 16.8 Å². The van der Waals surface area contributed by atoms with Crippen LogP contribution >= 0.6 is 0 Å². The largest absolute Gasteiger partial charge is 0.493 e. The number of hydrogen-bond donors (Lipinski definition) is 2. The average Bonchev–Trinajstić information content (AvgIpc) is 3.05. The monoisotopic (exact) mass is 404 g/mol. The van der Waals surface area contributed by atoms with E-state index in [1.807, 2.05) is 23.5 Å². The number of rotatable bonds is 5. The summed E-state index contributed by atoms with van der Waals surface area (Å²) in [6.07, 6.45) is 0.605. The van der Waals surface area contributed by atoms with E-state index in [2.05, 4.69) is 0 Å². The highest BCUT2D eigenvalue weighted by Gasteiger charge is 2.26. The number of ether oxygens (including phenoxy) is 3. The van der Waals surface area contributed by atoms with Crippen LogP contribution in [0.15, 0.2) is 60.4 Å². The van der Waals surface area contributed by atoms with Gasteiger partial charge in [0.05, 0.1) is 7.11 Å². The summed E-state index contributed by atoms with van der Waals surface area (Å²) in [6.45, 7) is 0. The molecule has 150 valence electrons. The van der Waals surface area contributed by atoms with Crippen molar-refractivity contribution in [1.29, 1.82) is 0 Å². The number of cyclic esters (lactones) is 1. The van der Waals surface area contributed by atoms with Crippen molar-refractivity contribution in [2.24, 2.45) is 5.73 Å². The number of fused-ring (bicyclic) bond motifs is 1. The van der Waals surface area contributed by atoms with E-state index in [1.54, 1.807) is 36.4 Å². The maximum atomic E-state index is 11.7. The summed E-state index contributed by atoms with van der Waals surface area (Å²) in [4.78, 5) is 34.5. The Morgan fingerprint density at radius 1 is 1.00 bits per heavy atom. The number of amides is 3. The number of carbonyl (C=O) groups excluding carboxylic acids is 3. The highest BCUT2D eigenvalue weighted by molar-refractivity contribution is 6.10. The van der Waals surface area contributed by atoms with E-state index in [0.29, 0.717) is 33.8 Å². The van der Waals surface area contributed by atoms with Crippen molar-refractivity contribution in [2.75, 3.05) is 7.11 Å². The summed E-state index contributed by atoms with van der Waals surface area (Å²) >= 11 is 0. The number of carbonyl (C=O) groups is 3. The minimum atomic E-state index is -0.815. The lowest BCUT2D eigenvalue weighted by atomic mass is 10.0. The molecular weight excluding hydrogens is 388 g/mol. The highest BCUT2D eigenvalue weighted by Crippen LogP contribution is 2.37. The molecule has 1 heterocycles. The zero-order chi connectivity index (χ0) is 21.3. The fourth-order valence-corrected chi connectivity index (χ4v) is 3.12. The van der Waals surface area contributed by atoms with E-state index in [4.69, 9.17) is 19.9 Å². The van der Waals surface area contributed by atoms with Gasteiger partial charge in [-0.3, -0.25) is 14.9 Å². The second-order valence-electron chi connectivity index (χ2n) is 6.39. The van der Waals surface area contributed by atoms with Gasteiger partial charge in [0.2, 0.25) is 5.91 Å². The molecule has 3 aromatic carbocycles. The Labute approximate surface area is 170 Å². The van der Waals surface area contributed by atoms with E-state index in [9.17, 15) is 14.4 Å². The lowest BCUT2D eigenvalue weighted by Gasteiger charge is -2.14. The van der Waals surface area contributed by atoms with Crippen LogP contribution in [-0.2, 0) is 9.53 Å². The number of nitrogens with one attached hydrogen (secondary N) is 1. The van der Waals surface area contributed by atoms with Crippen molar-refractivity contribution >= 4 is 34.8 Å². The molecule has 1 fully saturated rings. The van der Waals surface area contributed by atoms with Gasteiger partial charge in [-0.05, 0) is 41.3 Å². The SMILES string of the molecule is COc1cc(C=C2OC(=O)NC2=O)ccc1Oc1ccc(C(N)=O)c2ccccc12. The summed E-state index contributed by atoms with van der Waals surface area (Å²) in [5, 5.41) is 3.43. The zero-order valence-electron chi connectivity index (χ0n) is 15.8. The van der Waals surface area contributed by atoms with Crippen LogP contribution in [0.4, 0.5) is 4.79 Å². The second kappa shape index (κ2) is 7.59. The molecular formula is C22H16N2O6. The predicted molar refractivity (Wildman–Crippen MR) is 108 cm³/mol. The Morgan fingerprint density at radius 3 is 2.40 bits per heavy atom. The minimum absolute atomic E-state index is 0.108. The van der Waals surface area contributed by atoms with Crippen LogP contribution in [0.2, 0.25) is 0 Å². The molecule has 0 bridgehead atoms. The number of alkyl carbamates (subject to hydrolysis) is 1. The number of nitrogens with two attached hydrogens (primary N) is 1. The van der Waals surface area contributed by atoms with Gasteiger partial charge >= 0.3 is 6.09 Å². The summed E-state index contributed by atoms with van der Waals surface area (Å²) in [5.74, 6) is 0.0965. The van der Waals surface area contributed by atoms with Crippen LogP contribution < -0.4 is 20.5 Å². The molecule has 30 heavy (non-hydrogen) atoms. The third-order valence-electron chi connectivity index (χ3n) is 4.50. The Balaban J connectivity index is 1.70. The van der Waals surface area contributed by atoms with Gasteiger partial charge in [-0.1, -0.05) is 30.3 Å². The summed E-state index contributed by atoms with van der Waals surface area (Å²) in [5.41, 5.74) is 6.44. The van der Waals surface area contributed by atoms with Crippen molar-refractivity contribution in [3.63, 3.8) is 0 Å². The Morgan fingerprint density at radius 2 is 1.73 bits per heavy atom. The standard InChI is InChI=1S/C22H16N2O6/c1-28-18-10-12(11-19-21(26)24-22(27)30-19)6-8-17(18)29-16-9-7-15(20(23)25)13-4-2-3-5-14(13)16/h2-11H,1H3,(H2,23,25)(H,24,26,27). The Hall–Kier alpha value is -4.33. The first-order valence-corrected chi connectivity index (χ1v) is 8.88. The van der Waals surface area contributed by atoms with Crippen LogP contribution in [0.5, 0.6) is 17.2 Å². The van der Waals surface area contributed by atoms with Crippen LogP contribution in [-0.4, -0.2) is 25.0 Å². The molecule has 3 N–H and O–H groups in total. The van der Waals surface area contributed by atoms with E-state index in [-0.39, 0.29) is 5.76 Å². The number of benzene rings is 3. The lowest BCUT2D eigenvalue weighted by Crippen LogP contribution is -2.18. The predicted octanol–water partition coefficient (Wildman–Crippen LogP) is 3.35. The molecule has 8 nitrogen and oxygen atoms in total. The lowest BCUT2D eigenvalue weighted by molar-refractivity contribution is -0.116. The van der Waals surface area contributed by atoms with E-state index < -0.39 is 17.9 Å². The molecule has 3 aromatic rings. The first-order valence-electron chi connectivity index (χ1n) is 8.88. The number of hydrogen-bond acceptors (Lipinski definition) is 6. The maximum absolute atomic E-state index is 11.7. The molecule has 4 rings (SSSR count). The second-order valence-corrected chi connectivity index (χ2v) is 6.39. The van der Waals surface area contributed by atoms with Crippen molar-refractivity contribution in [3.05, 3.63) is 71.5 Å². The fourth-order valence-electron chi connectivity index (χ4n) is 3.12. The first-order chi connectivity index (χ1) is 14.5. The van der Waals surface area contributed by atoms with Gasteiger partial charge in [0.15, 0.2) is 17.3 Å². The van der Waals surface area contributed by atoms with Gasteiger partial charge in [-0.25, -0.2) is 4.79 Å². The summed E-state index contributed by atoms with van der Waals surface area (Å²) in [7, 11) is 1.48. The van der Waals surface area contributed by atoms with Gasteiger partial charge < -0.3 is 19.9 Å². The Bertz CT molecular complexity index is 1230. The van der Waals surface area contributed by atoms with Gasteiger partial charge in [0.1, 0.15) is 5.75 Å². The summed E-state index contributed by atoms with van der Waals surface area (Å²) in [6, 6.07) is 15.5. The van der Waals surface area contributed by atoms with Gasteiger partial charge in [-0.2, -0.15) is 0 Å². The number of imide groups is 1. The smallest absolute Gasteiger partial charge is 0.419 e. The zero-order valence-corrected chi connectivity index (χ0v) is 15.8. The van der Waals surface area contributed by atoms with E-state index in [0.717, 1.165) is 5.39 Å². The molecule has 0 atom stereocenters. The van der Waals surface area contributed by atoms with E-state index in [1.165, 1.54) is 13.2 Å². The van der Waals surface area contributed by atoms with Crippen molar-refractivity contribution in [1.82, 2.24) is 5.32 Å². The normalized spacial score (nSPS) is 14.5. The molecule has 0 radical (unpaired) electrons. The van der Waals surface area contributed by atoms with Gasteiger partial charge in [0.25, 0.3) is 5.91 Å². The average molecular weight is 404 g/mol. The molecule has 0 unspecified atom stereocenters. The molecule has 1 saturated heterocycles. The van der Waals surface area contributed by atoms with Crippen LogP contribution in [0.1, 0.15) is 15.9 Å². The van der Waals surface area contributed by atoms with Crippen molar-refractivity contribution in [3.8, 4) is 17.2 Å². The first kappa shape index (κ1) is 19.0. The number of methoxy groups -OCH3 is 1. The quantitative estimate of drug-likeness (QED) is 0.630. The Kier molecular flexibility index (Phi) is 4.81. The third kappa shape index (κ3) is 3.53. The number of primary amides is 1. The van der Waals surface area contributed by atoms with Crippen molar-refractivity contribution in [2.45, 2.75) is 0 Å². The van der Waals surface area contributed by atoms with Gasteiger partial charge in [-0.15, -0.1) is 0 Å². The molecule has 1 aliphatic heterocycles. The molecule has 0 aromatic heterocycles.